The number of hydrogen-bond acceptors (Lipinski definition) is 4. The molecule has 5 nitrogen and oxygen atoms in total. The van der Waals surface area contributed by atoms with Crippen LogP contribution in [0.2, 0.25) is 0 Å². The molecule has 136 valence electrons. The summed E-state index contributed by atoms with van der Waals surface area (Å²) in [5.41, 5.74) is 2.52. The van der Waals surface area contributed by atoms with Crippen molar-refractivity contribution in [3.05, 3.63) is 35.4 Å². The zero-order chi connectivity index (χ0) is 17.2. The van der Waals surface area contributed by atoms with Gasteiger partial charge in [0.2, 0.25) is 5.91 Å². The first kappa shape index (κ1) is 17.0. The molecule has 1 amide bonds. The second-order valence-corrected chi connectivity index (χ2v) is 7.50. The number of nitrogens with zero attached hydrogens (tertiary/aromatic N) is 2. The molecule has 4 rings (SSSR count). The molecular weight excluding hydrogens is 316 g/mol. The Morgan fingerprint density at radius 3 is 2.80 bits per heavy atom. The number of ether oxygens (including phenoxy) is 2. The van der Waals surface area contributed by atoms with E-state index in [0.717, 1.165) is 45.8 Å². The maximum Gasteiger partial charge on any atom is 0.225 e. The lowest BCUT2D eigenvalue weighted by molar-refractivity contribution is -0.134. The van der Waals surface area contributed by atoms with Gasteiger partial charge in [0.05, 0.1) is 32.3 Å². The number of morpholine rings is 1. The van der Waals surface area contributed by atoms with E-state index in [1.807, 2.05) is 11.0 Å². The molecule has 3 atom stereocenters. The molecule has 0 spiro atoms. The molecule has 0 bridgehead atoms. The van der Waals surface area contributed by atoms with E-state index in [0.29, 0.717) is 25.0 Å². The van der Waals surface area contributed by atoms with Gasteiger partial charge in [-0.2, -0.15) is 0 Å². The van der Waals surface area contributed by atoms with Crippen LogP contribution < -0.4 is 0 Å². The van der Waals surface area contributed by atoms with E-state index in [1.165, 1.54) is 11.1 Å². The second-order valence-electron chi connectivity index (χ2n) is 7.50. The van der Waals surface area contributed by atoms with Gasteiger partial charge in [-0.25, -0.2) is 0 Å². The average Bonchev–Trinajstić information content (AvgIpc) is 3.05. The van der Waals surface area contributed by atoms with Crippen LogP contribution in [0.5, 0.6) is 0 Å². The molecule has 3 heterocycles. The predicted molar refractivity (Wildman–Crippen MR) is 95.4 cm³/mol. The zero-order valence-electron chi connectivity index (χ0n) is 15.0. The Bertz CT molecular complexity index is 615. The highest BCUT2D eigenvalue weighted by Gasteiger charge is 2.37. The largest absolute Gasteiger partial charge is 0.379 e. The van der Waals surface area contributed by atoms with E-state index < -0.39 is 0 Å². The van der Waals surface area contributed by atoms with Gasteiger partial charge in [-0.15, -0.1) is 0 Å². The van der Waals surface area contributed by atoms with E-state index in [2.05, 4.69) is 30.0 Å². The van der Waals surface area contributed by atoms with Crippen molar-refractivity contribution in [2.45, 2.75) is 31.9 Å². The first-order valence-electron chi connectivity index (χ1n) is 9.51. The number of carbonyl (C=O) groups excluding carboxylic acids is 1. The van der Waals surface area contributed by atoms with Crippen LogP contribution in [0.25, 0.3) is 0 Å². The third-order valence-electron chi connectivity index (χ3n) is 5.89. The lowest BCUT2D eigenvalue weighted by Gasteiger charge is -2.34. The van der Waals surface area contributed by atoms with Crippen molar-refractivity contribution < 1.29 is 14.3 Å². The molecule has 0 saturated carbocycles. The third kappa shape index (κ3) is 3.59. The van der Waals surface area contributed by atoms with Crippen LogP contribution in [-0.4, -0.2) is 67.7 Å². The molecule has 25 heavy (non-hydrogen) atoms. The summed E-state index contributed by atoms with van der Waals surface area (Å²) in [5.74, 6) is 0.742. The van der Waals surface area contributed by atoms with E-state index in [4.69, 9.17) is 9.47 Å². The monoisotopic (exact) mass is 344 g/mol. The summed E-state index contributed by atoms with van der Waals surface area (Å²) in [6.45, 7) is 8.26. The number of fused-ring (bicyclic) bond motifs is 1. The van der Waals surface area contributed by atoms with Crippen LogP contribution in [0, 0.1) is 5.92 Å². The van der Waals surface area contributed by atoms with Crippen LogP contribution >= 0.6 is 0 Å². The number of likely N-dealkylation sites (tertiary alicyclic amines) is 1. The maximum atomic E-state index is 12.9. The lowest BCUT2D eigenvalue weighted by atomic mass is 9.95. The second kappa shape index (κ2) is 7.44. The summed E-state index contributed by atoms with van der Waals surface area (Å²) in [4.78, 5) is 17.4. The number of benzene rings is 1. The molecule has 2 fully saturated rings. The van der Waals surface area contributed by atoms with Gasteiger partial charge < -0.3 is 14.4 Å². The Balaban J connectivity index is 1.39. The SMILES string of the molecule is C[C@@H]1CN(C(=O)C[C@H]2OCCc3ccccc32)C[C@@H]1N1CCOCC1. The number of rotatable bonds is 3. The third-order valence-corrected chi connectivity index (χ3v) is 5.89. The van der Waals surface area contributed by atoms with Crippen molar-refractivity contribution in [1.29, 1.82) is 0 Å². The summed E-state index contributed by atoms with van der Waals surface area (Å²) in [6, 6.07) is 8.83. The molecule has 3 aliphatic rings. The highest BCUT2D eigenvalue weighted by molar-refractivity contribution is 5.77. The Morgan fingerprint density at radius 1 is 1.16 bits per heavy atom. The van der Waals surface area contributed by atoms with E-state index in [-0.39, 0.29) is 12.0 Å². The van der Waals surface area contributed by atoms with Crippen LogP contribution in [-0.2, 0) is 20.7 Å². The van der Waals surface area contributed by atoms with Crippen LogP contribution in [0.4, 0.5) is 0 Å². The van der Waals surface area contributed by atoms with Gasteiger partial charge in [0.1, 0.15) is 0 Å². The van der Waals surface area contributed by atoms with Crippen molar-refractivity contribution in [1.82, 2.24) is 9.80 Å². The molecule has 1 aromatic rings. The summed E-state index contributed by atoms with van der Waals surface area (Å²) in [5, 5.41) is 0. The number of amides is 1. The van der Waals surface area contributed by atoms with Gasteiger partial charge in [-0.1, -0.05) is 31.2 Å². The number of hydrogen-bond donors (Lipinski definition) is 0. The molecule has 0 radical (unpaired) electrons. The molecule has 1 aromatic carbocycles. The van der Waals surface area contributed by atoms with Gasteiger partial charge in [-0.05, 0) is 23.5 Å². The maximum absolute atomic E-state index is 12.9. The fourth-order valence-electron chi connectivity index (χ4n) is 4.47. The summed E-state index contributed by atoms with van der Waals surface area (Å²) in [6.07, 6.45) is 1.32. The summed E-state index contributed by atoms with van der Waals surface area (Å²) in [7, 11) is 0. The molecular formula is C20H28N2O3. The Kier molecular flexibility index (Phi) is 5.06. The molecule has 0 aromatic heterocycles. The topological polar surface area (TPSA) is 42.0 Å². The van der Waals surface area contributed by atoms with Crippen molar-refractivity contribution >= 4 is 5.91 Å². The van der Waals surface area contributed by atoms with Crippen molar-refractivity contribution in [3.8, 4) is 0 Å². The van der Waals surface area contributed by atoms with Crippen LogP contribution in [0.15, 0.2) is 24.3 Å². The Hall–Kier alpha value is -1.43. The van der Waals surface area contributed by atoms with E-state index in [1.54, 1.807) is 0 Å². The summed E-state index contributed by atoms with van der Waals surface area (Å²) < 4.78 is 11.4. The molecule has 3 aliphatic heterocycles. The first-order chi connectivity index (χ1) is 12.2. The standard InChI is InChI=1S/C20H28N2O3/c1-15-13-22(14-18(15)21-7-10-24-11-8-21)20(23)12-19-17-5-3-2-4-16(17)6-9-25-19/h2-5,15,18-19H,6-14H2,1H3/t15-,18+,19-/m1/s1. The lowest BCUT2D eigenvalue weighted by Crippen LogP contribution is -2.47. The van der Waals surface area contributed by atoms with E-state index in [9.17, 15) is 4.79 Å². The first-order valence-corrected chi connectivity index (χ1v) is 9.51. The minimum Gasteiger partial charge on any atom is -0.379 e. The highest BCUT2D eigenvalue weighted by Crippen LogP contribution is 2.31. The normalized spacial score (nSPS) is 30.3. The zero-order valence-corrected chi connectivity index (χ0v) is 15.0. The Morgan fingerprint density at radius 2 is 1.96 bits per heavy atom. The molecule has 2 saturated heterocycles. The van der Waals surface area contributed by atoms with E-state index >= 15 is 0 Å². The van der Waals surface area contributed by atoms with Crippen LogP contribution in [0.1, 0.15) is 30.6 Å². The van der Waals surface area contributed by atoms with Crippen molar-refractivity contribution in [3.63, 3.8) is 0 Å². The summed E-state index contributed by atoms with van der Waals surface area (Å²) >= 11 is 0. The minimum absolute atomic E-state index is 0.0878. The van der Waals surface area contributed by atoms with Gasteiger partial charge in [0.25, 0.3) is 0 Å². The molecule has 5 heteroatoms. The fraction of sp³-hybridized carbons (Fsp3) is 0.650. The van der Waals surface area contributed by atoms with Crippen LogP contribution in [0.3, 0.4) is 0 Å². The smallest absolute Gasteiger partial charge is 0.225 e. The van der Waals surface area contributed by atoms with Gasteiger partial charge in [0, 0.05) is 32.2 Å². The van der Waals surface area contributed by atoms with Crippen molar-refractivity contribution in [2.24, 2.45) is 5.92 Å². The van der Waals surface area contributed by atoms with Crippen molar-refractivity contribution in [2.75, 3.05) is 46.0 Å². The van der Waals surface area contributed by atoms with Gasteiger partial charge in [0.15, 0.2) is 0 Å². The Labute approximate surface area is 149 Å². The molecule has 0 aliphatic carbocycles. The van der Waals surface area contributed by atoms with Gasteiger partial charge >= 0.3 is 0 Å². The number of carbonyl (C=O) groups is 1. The molecule has 0 N–H and O–H groups in total. The fourth-order valence-corrected chi connectivity index (χ4v) is 4.47. The predicted octanol–water partition coefficient (Wildman–Crippen LogP) is 1.87. The minimum atomic E-state index is -0.0878. The average molecular weight is 344 g/mol. The highest BCUT2D eigenvalue weighted by atomic mass is 16.5. The molecule has 0 unspecified atom stereocenters. The quantitative estimate of drug-likeness (QED) is 0.840. The van der Waals surface area contributed by atoms with Gasteiger partial charge in [-0.3, -0.25) is 9.69 Å².